The van der Waals surface area contributed by atoms with Gasteiger partial charge in [0.05, 0.1) is 28.5 Å². The first-order valence-electron chi connectivity index (χ1n) is 5.02. The summed E-state index contributed by atoms with van der Waals surface area (Å²) in [7, 11) is -2.86. The molecule has 6 heteroatoms. The minimum atomic E-state index is -2.86. The normalized spacial score (nSPS) is 18.1. The molecule has 0 atom stereocenters. The number of hydrogen-bond acceptors (Lipinski definition) is 4. The van der Waals surface area contributed by atoms with Gasteiger partial charge in [-0.3, -0.25) is 0 Å². The molecule has 4 nitrogen and oxygen atoms in total. The SMILES string of the molecule is N#CCc1ccc(OC2CS(=O)(=O)C2)c(Br)c1. The molecule has 0 radical (unpaired) electrons. The number of benzene rings is 1. The molecule has 0 saturated carbocycles. The molecular formula is C11H10BrNO3S. The fourth-order valence-electron chi connectivity index (χ4n) is 1.61. The molecule has 0 spiro atoms. The summed E-state index contributed by atoms with van der Waals surface area (Å²) < 4.78 is 28.3. The molecule has 90 valence electrons. The zero-order valence-electron chi connectivity index (χ0n) is 8.89. The second-order valence-corrected chi connectivity index (χ2v) is 6.92. The summed E-state index contributed by atoms with van der Waals surface area (Å²) in [4.78, 5) is 0. The molecule has 0 aromatic heterocycles. The zero-order chi connectivity index (χ0) is 12.5. The highest BCUT2D eigenvalue weighted by Crippen LogP contribution is 2.29. The van der Waals surface area contributed by atoms with Gasteiger partial charge in [0.15, 0.2) is 9.84 Å². The first-order valence-corrected chi connectivity index (χ1v) is 7.64. The molecule has 0 bridgehead atoms. The van der Waals surface area contributed by atoms with E-state index in [1.165, 1.54) is 0 Å². The van der Waals surface area contributed by atoms with Crippen molar-refractivity contribution in [2.75, 3.05) is 11.5 Å². The van der Waals surface area contributed by atoms with Crippen LogP contribution in [0.2, 0.25) is 0 Å². The van der Waals surface area contributed by atoms with E-state index in [9.17, 15) is 8.42 Å². The third kappa shape index (κ3) is 2.99. The van der Waals surface area contributed by atoms with Crippen molar-refractivity contribution in [3.05, 3.63) is 28.2 Å². The number of nitrogens with zero attached hydrogens (tertiary/aromatic N) is 1. The lowest BCUT2D eigenvalue weighted by molar-refractivity contribution is 0.229. The van der Waals surface area contributed by atoms with Crippen LogP contribution in [0.3, 0.4) is 0 Å². The van der Waals surface area contributed by atoms with E-state index >= 15 is 0 Å². The maximum Gasteiger partial charge on any atom is 0.157 e. The summed E-state index contributed by atoms with van der Waals surface area (Å²) in [5, 5.41) is 8.57. The van der Waals surface area contributed by atoms with Crippen LogP contribution in [-0.4, -0.2) is 26.0 Å². The maximum atomic E-state index is 11.0. The average molecular weight is 316 g/mol. The van der Waals surface area contributed by atoms with Gasteiger partial charge < -0.3 is 4.74 Å². The minimum absolute atomic E-state index is 0.0827. The molecule has 1 saturated heterocycles. The quantitative estimate of drug-likeness (QED) is 0.851. The fraction of sp³-hybridized carbons (Fsp3) is 0.364. The van der Waals surface area contributed by atoms with Crippen molar-refractivity contribution in [2.24, 2.45) is 0 Å². The van der Waals surface area contributed by atoms with Gasteiger partial charge in [0.1, 0.15) is 11.9 Å². The van der Waals surface area contributed by atoms with Crippen molar-refractivity contribution in [3.8, 4) is 11.8 Å². The third-order valence-electron chi connectivity index (χ3n) is 2.45. The molecule has 0 amide bonds. The van der Waals surface area contributed by atoms with Gasteiger partial charge in [0.25, 0.3) is 0 Å². The highest BCUT2D eigenvalue weighted by Gasteiger charge is 2.35. The molecule has 1 aliphatic heterocycles. The van der Waals surface area contributed by atoms with Crippen molar-refractivity contribution in [1.29, 1.82) is 5.26 Å². The van der Waals surface area contributed by atoms with Gasteiger partial charge in [0.2, 0.25) is 0 Å². The second kappa shape index (κ2) is 4.67. The fourth-order valence-corrected chi connectivity index (χ4v) is 3.30. The lowest BCUT2D eigenvalue weighted by atomic mass is 10.2. The van der Waals surface area contributed by atoms with Crippen LogP contribution in [0.5, 0.6) is 5.75 Å². The Hall–Kier alpha value is -1.06. The van der Waals surface area contributed by atoms with Crippen LogP contribution < -0.4 is 4.74 Å². The molecule has 0 unspecified atom stereocenters. The smallest absolute Gasteiger partial charge is 0.157 e. The lowest BCUT2D eigenvalue weighted by Crippen LogP contribution is -2.45. The minimum Gasteiger partial charge on any atom is -0.487 e. The Balaban J connectivity index is 2.05. The summed E-state index contributed by atoms with van der Waals surface area (Å²) in [6, 6.07) is 7.43. The largest absolute Gasteiger partial charge is 0.487 e. The summed E-state index contributed by atoms with van der Waals surface area (Å²) in [6.07, 6.45) is 0.0922. The standard InChI is InChI=1S/C11H10BrNO3S/c12-10-5-8(3-4-13)1-2-11(10)16-9-6-17(14,15)7-9/h1-2,5,9H,3,6-7H2. The van der Waals surface area contributed by atoms with Crippen molar-refractivity contribution in [1.82, 2.24) is 0 Å². The predicted molar refractivity (Wildman–Crippen MR) is 66.5 cm³/mol. The summed E-state index contributed by atoms with van der Waals surface area (Å²) in [5.41, 5.74) is 0.896. The molecule has 17 heavy (non-hydrogen) atoms. The molecule has 1 aromatic carbocycles. The average Bonchev–Trinajstić information content (AvgIpc) is 2.19. The molecule has 1 aliphatic rings. The van der Waals surface area contributed by atoms with E-state index in [4.69, 9.17) is 10.00 Å². The van der Waals surface area contributed by atoms with Crippen LogP contribution in [-0.2, 0) is 16.3 Å². The van der Waals surface area contributed by atoms with Crippen LogP contribution in [0.4, 0.5) is 0 Å². The number of ether oxygens (including phenoxy) is 1. The summed E-state index contributed by atoms with van der Waals surface area (Å²) in [6.45, 7) is 0. The van der Waals surface area contributed by atoms with E-state index in [2.05, 4.69) is 22.0 Å². The van der Waals surface area contributed by atoms with Gasteiger partial charge in [-0.25, -0.2) is 8.42 Å². The van der Waals surface area contributed by atoms with Crippen molar-refractivity contribution >= 4 is 25.8 Å². The molecule has 1 heterocycles. The van der Waals surface area contributed by atoms with Crippen molar-refractivity contribution < 1.29 is 13.2 Å². The van der Waals surface area contributed by atoms with Gasteiger partial charge in [0, 0.05) is 0 Å². The first kappa shape index (κ1) is 12.4. The molecule has 2 rings (SSSR count). The number of hydrogen-bond donors (Lipinski definition) is 0. The monoisotopic (exact) mass is 315 g/mol. The highest BCUT2D eigenvalue weighted by atomic mass is 79.9. The molecule has 1 fully saturated rings. The van der Waals surface area contributed by atoms with Gasteiger partial charge >= 0.3 is 0 Å². The molecular weight excluding hydrogens is 306 g/mol. The van der Waals surface area contributed by atoms with Gasteiger partial charge in [-0.2, -0.15) is 5.26 Å². The van der Waals surface area contributed by atoms with E-state index < -0.39 is 9.84 Å². The van der Waals surface area contributed by atoms with Crippen LogP contribution in [0.25, 0.3) is 0 Å². The van der Waals surface area contributed by atoms with Gasteiger partial charge in [-0.05, 0) is 33.6 Å². The first-order chi connectivity index (χ1) is 8.00. The number of nitriles is 1. The van der Waals surface area contributed by atoms with Gasteiger partial charge in [-0.15, -0.1) is 0 Å². The Morgan fingerprint density at radius 1 is 1.47 bits per heavy atom. The van der Waals surface area contributed by atoms with Crippen molar-refractivity contribution in [3.63, 3.8) is 0 Å². The van der Waals surface area contributed by atoms with Gasteiger partial charge in [-0.1, -0.05) is 6.07 Å². The van der Waals surface area contributed by atoms with E-state index in [0.29, 0.717) is 12.2 Å². The summed E-state index contributed by atoms with van der Waals surface area (Å²) in [5.74, 6) is 0.783. The Morgan fingerprint density at radius 3 is 2.71 bits per heavy atom. The maximum absolute atomic E-state index is 11.0. The molecule has 1 aromatic rings. The Kier molecular flexibility index (Phi) is 3.40. The predicted octanol–water partition coefficient (Wildman–Crippen LogP) is 1.69. The molecule has 0 aliphatic carbocycles. The van der Waals surface area contributed by atoms with Crippen LogP contribution in [0.1, 0.15) is 5.56 Å². The van der Waals surface area contributed by atoms with E-state index in [0.717, 1.165) is 10.0 Å². The molecule has 0 N–H and O–H groups in total. The topological polar surface area (TPSA) is 67.2 Å². The highest BCUT2D eigenvalue weighted by molar-refractivity contribution is 9.10. The van der Waals surface area contributed by atoms with E-state index in [1.807, 2.05) is 6.07 Å². The number of sulfone groups is 1. The van der Waals surface area contributed by atoms with Crippen LogP contribution >= 0.6 is 15.9 Å². The Morgan fingerprint density at radius 2 is 2.18 bits per heavy atom. The Bertz CT molecular complexity index is 565. The van der Waals surface area contributed by atoms with Crippen LogP contribution in [0.15, 0.2) is 22.7 Å². The summed E-state index contributed by atoms with van der Waals surface area (Å²) >= 11 is 3.34. The Labute approximate surface area is 108 Å². The van der Waals surface area contributed by atoms with E-state index in [1.54, 1.807) is 12.1 Å². The zero-order valence-corrected chi connectivity index (χ0v) is 11.3. The van der Waals surface area contributed by atoms with E-state index in [-0.39, 0.29) is 17.6 Å². The second-order valence-electron chi connectivity index (χ2n) is 3.92. The van der Waals surface area contributed by atoms with Crippen LogP contribution in [0, 0.1) is 11.3 Å². The third-order valence-corrected chi connectivity index (χ3v) is 4.83. The number of halogens is 1. The lowest BCUT2D eigenvalue weighted by Gasteiger charge is -2.27. The number of rotatable bonds is 3. The van der Waals surface area contributed by atoms with Crippen molar-refractivity contribution in [2.45, 2.75) is 12.5 Å².